The van der Waals surface area contributed by atoms with Gasteiger partial charge in [0.15, 0.2) is 0 Å². The van der Waals surface area contributed by atoms with E-state index in [-0.39, 0.29) is 17.2 Å². The van der Waals surface area contributed by atoms with Crippen LogP contribution < -0.4 is 0 Å². The quantitative estimate of drug-likeness (QED) is 0.404. The van der Waals surface area contributed by atoms with Gasteiger partial charge in [0, 0.05) is 11.6 Å². The van der Waals surface area contributed by atoms with E-state index in [0.717, 1.165) is 29.5 Å². The lowest BCUT2D eigenvalue weighted by Crippen LogP contribution is -1.90. The highest BCUT2D eigenvalue weighted by molar-refractivity contribution is 5.73. The van der Waals surface area contributed by atoms with Crippen LogP contribution in [0.2, 0.25) is 0 Å². The Morgan fingerprint density at radius 3 is 2.22 bits per heavy atom. The van der Waals surface area contributed by atoms with Crippen LogP contribution in [0.5, 0.6) is 17.2 Å². The Kier molecular flexibility index (Phi) is 7.30. The SMILES string of the molecule is CC(C)=CCC/C(C)=C/Cc1c(O)cc(O)cc1C=Cc1ccc(O)cc1. The first-order valence-electron chi connectivity index (χ1n) is 9.16. The van der Waals surface area contributed by atoms with Gasteiger partial charge in [0.1, 0.15) is 17.2 Å². The maximum Gasteiger partial charge on any atom is 0.123 e. The molecule has 3 nitrogen and oxygen atoms in total. The van der Waals surface area contributed by atoms with Gasteiger partial charge in [-0.3, -0.25) is 0 Å². The summed E-state index contributed by atoms with van der Waals surface area (Å²) in [6, 6.07) is 9.89. The highest BCUT2D eigenvalue weighted by atomic mass is 16.3. The van der Waals surface area contributed by atoms with Gasteiger partial charge in [0.05, 0.1) is 0 Å². The summed E-state index contributed by atoms with van der Waals surface area (Å²) in [5.41, 5.74) is 5.07. The number of hydrogen-bond acceptors (Lipinski definition) is 3. The van der Waals surface area contributed by atoms with E-state index in [9.17, 15) is 15.3 Å². The van der Waals surface area contributed by atoms with E-state index < -0.39 is 0 Å². The van der Waals surface area contributed by atoms with Crippen molar-refractivity contribution in [3.8, 4) is 17.2 Å². The van der Waals surface area contributed by atoms with Crippen molar-refractivity contribution in [2.24, 2.45) is 0 Å². The highest BCUT2D eigenvalue weighted by Crippen LogP contribution is 2.30. The Morgan fingerprint density at radius 1 is 0.852 bits per heavy atom. The van der Waals surface area contributed by atoms with E-state index in [1.54, 1.807) is 30.3 Å². The summed E-state index contributed by atoms with van der Waals surface area (Å²) in [7, 11) is 0. The standard InChI is InChI=1S/C24H28O3/c1-17(2)5-4-6-18(3)7-14-23-20(15-22(26)16-24(23)27)11-8-19-9-12-21(25)13-10-19/h5,7-13,15-16,25-27H,4,6,14H2,1-3H3/b11-8?,18-7+. The molecule has 0 unspecified atom stereocenters. The van der Waals surface area contributed by atoms with Gasteiger partial charge in [0.25, 0.3) is 0 Å². The normalized spacial score (nSPS) is 11.7. The number of rotatable bonds is 7. The Hall–Kier alpha value is -2.94. The second-order valence-electron chi connectivity index (χ2n) is 7.03. The lowest BCUT2D eigenvalue weighted by atomic mass is 9.99. The Balaban J connectivity index is 2.20. The molecule has 0 saturated carbocycles. The largest absolute Gasteiger partial charge is 0.508 e. The van der Waals surface area contributed by atoms with Crippen molar-refractivity contribution in [1.82, 2.24) is 0 Å². The van der Waals surface area contributed by atoms with Gasteiger partial charge >= 0.3 is 0 Å². The van der Waals surface area contributed by atoms with E-state index in [0.29, 0.717) is 6.42 Å². The molecule has 0 fully saturated rings. The second-order valence-corrected chi connectivity index (χ2v) is 7.03. The molecule has 0 amide bonds. The van der Waals surface area contributed by atoms with Crippen molar-refractivity contribution in [3.05, 3.63) is 76.4 Å². The zero-order valence-electron chi connectivity index (χ0n) is 16.2. The average Bonchev–Trinajstić information content (AvgIpc) is 2.60. The first kappa shape index (κ1) is 20.4. The predicted octanol–water partition coefficient (Wildman–Crippen LogP) is 6.21. The van der Waals surface area contributed by atoms with E-state index >= 15 is 0 Å². The summed E-state index contributed by atoms with van der Waals surface area (Å²) in [5.74, 6) is 0.344. The van der Waals surface area contributed by atoms with Crippen LogP contribution >= 0.6 is 0 Å². The molecule has 0 bridgehead atoms. The fourth-order valence-electron chi connectivity index (χ4n) is 2.77. The first-order valence-corrected chi connectivity index (χ1v) is 9.16. The fourth-order valence-corrected chi connectivity index (χ4v) is 2.77. The van der Waals surface area contributed by atoms with Crippen molar-refractivity contribution >= 4 is 12.2 Å². The van der Waals surface area contributed by atoms with Gasteiger partial charge in [-0.15, -0.1) is 0 Å². The van der Waals surface area contributed by atoms with Gasteiger partial charge in [-0.2, -0.15) is 0 Å². The third-order valence-electron chi connectivity index (χ3n) is 4.34. The number of allylic oxidation sites excluding steroid dienone is 4. The van der Waals surface area contributed by atoms with E-state index in [2.05, 4.69) is 32.9 Å². The van der Waals surface area contributed by atoms with Gasteiger partial charge in [0.2, 0.25) is 0 Å². The summed E-state index contributed by atoms with van der Waals surface area (Å²) >= 11 is 0. The van der Waals surface area contributed by atoms with Gasteiger partial charge in [-0.1, -0.05) is 47.6 Å². The molecule has 2 rings (SSSR count). The molecule has 2 aromatic carbocycles. The van der Waals surface area contributed by atoms with Crippen LogP contribution in [0.25, 0.3) is 12.2 Å². The second kappa shape index (κ2) is 9.67. The number of phenols is 3. The summed E-state index contributed by atoms with van der Waals surface area (Å²) in [6.07, 6.45) is 10.7. The lowest BCUT2D eigenvalue weighted by molar-refractivity contribution is 0.446. The van der Waals surface area contributed by atoms with Gasteiger partial charge in [-0.25, -0.2) is 0 Å². The topological polar surface area (TPSA) is 60.7 Å². The van der Waals surface area contributed by atoms with Crippen molar-refractivity contribution in [1.29, 1.82) is 0 Å². The summed E-state index contributed by atoms with van der Waals surface area (Å²) in [6.45, 7) is 6.29. The number of aromatic hydroxyl groups is 3. The molecule has 0 spiro atoms. The number of phenolic OH excluding ortho intramolecular Hbond substituents is 3. The van der Waals surface area contributed by atoms with Gasteiger partial charge < -0.3 is 15.3 Å². The molecule has 0 atom stereocenters. The molecular weight excluding hydrogens is 336 g/mol. The van der Waals surface area contributed by atoms with Gasteiger partial charge in [-0.05, 0) is 69.4 Å². The minimum atomic E-state index is 0.0332. The molecule has 3 N–H and O–H groups in total. The molecule has 27 heavy (non-hydrogen) atoms. The smallest absolute Gasteiger partial charge is 0.123 e. The third-order valence-corrected chi connectivity index (χ3v) is 4.34. The third kappa shape index (κ3) is 6.70. The monoisotopic (exact) mass is 364 g/mol. The Morgan fingerprint density at radius 2 is 1.56 bits per heavy atom. The summed E-state index contributed by atoms with van der Waals surface area (Å²) < 4.78 is 0. The molecule has 0 aliphatic heterocycles. The van der Waals surface area contributed by atoms with Crippen LogP contribution in [0.15, 0.2) is 59.7 Å². The maximum absolute atomic E-state index is 10.3. The van der Waals surface area contributed by atoms with Crippen molar-refractivity contribution in [3.63, 3.8) is 0 Å². The zero-order chi connectivity index (χ0) is 19.8. The molecule has 0 aromatic heterocycles. The molecule has 0 saturated heterocycles. The van der Waals surface area contributed by atoms with Crippen LogP contribution in [-0.2, 0) is 6.42 Å². The minimum absolute atomic E-state index is 0.0332. The van der Waals surface area contributed by atoms with Crippen LogP contribution in [-0.4, -0.2) is 15.3 Å². The van der Waals surface area contributed by atoms with E-state index in [4.69, 9.17) is 0 Å². The molecule has 3 heteroatoms. The van der Waals surface area contributed by atoms with Crippen molar-refractivity contribution in [2.45, 2.75) is 40.0 Å². The molecule has 0 radical (unpaired) electrons. The average molecular weight is 364 g/mol. The molecular formula is C24H28O3. The molecule has 0 aliphatic carbocycles. The molecule has 0 heterocycles. The van der Waals surface area contributed by atoms with Crippen LogP contribution in [0.4, 0.5) is 0 Å². The fraction of sp³-hybridized carbons (Fsp3) is 0.250. The summed E-state index contributed by atoms with van der Waals surface area (Å²) in [4.78, 5) is 0. The van der Waals surface area contributed by atoms with Crippen molar-refractivity contribution in [2.75, 3.05) is 0 Å². The Bertz CT molecular complexity index is 852. The van der Waals surface area contributed by atoms with Crippen LogP contribution in [0, 0.1) is 0 Å². The Labute approximate surface area is 161 Å². The molecule has 142 valence electrons. The lowest BCUT2D eigenvalue weighted by Gasteiger charge is -2.09. The van der Waals surface area contributed by atoms with E-state index in [1.165, 1.54) is 17.2 Å². The highest BCUT2D eigenvalue weighted by Gasteiger charge is 2.08. The zero-order valence-corrected chi connectivity index (χ0v) is 16.2. The predicted molar refractivity (Wildman–Crippen MR) is 113 cm³/mol. The summed E-state index contributed by atoms with van der Waals surface area (Å²) in [5, 5.41) is 29.5. The van der Waals surface area contributed by atoms with Crippen LogP contribution in [0.1, 0.15) is 50.3 Å². The van der Waals surface area contributed by atoms with Crippen LogP contribution in [0.3, 0.4) is 0 Å². The number of hydrogen-bond donors (Lipinski definition) is 3. The molecule has 2 aromatic rings. The number of benzene rings is 2. The minimum Gasteiger partial charge on any atom is -0.508 e. The first-order chi connectivity index (χ1) is 12.8. The van der Waals surface area contributed by atoms with Crippen molar-refractivity contribution < 1.29 is 15.3 Å². The maximum atomic E-state index is 10.3. The molecule has 0 aliphatic rings. The van der Waals surface area contributed by atoms with E-state index in [1.807, 2.05) is 12.2 Å².